The first-order valence-electron chi connectivity index (χ1n) is 12.1. The Morgan fingerprint density at radius 1 is 0.425 bits per heavy atom. The molecule has 0 fully saturated rings. The third-order valence-electron chi connectivity index (χ3n) is 6.11. The molecule has 0 spiro atoms. The van der Waals surface area contributed by atoms with Crippen LogP contribution in [0.1, 0.15) is 35.1 Å². The second kappa shape index (κ2) is 20.4. The van der Waals surface area contributed by atoms with Crippen LogP contribution < -0.4 is 0 Å². The Balaban J connectivity index is 0.000000655. The molecule has 0 unspecified atom stereocenters. The minimum atomic E-state index is 0. The van der Waals surface area contributed by atoms with E-state index in [0.717, 1.165) is 12.8 Å². The van der Waals surface area contributed by atoms with Crippen molar-refractivity contribution in [1.29, 1.82) is 0 Å². The molecule has 0 saturated carbocycles. The molecule has 0 heterocycles. The topological polar surface area (TPSA) is 0 Å². The van der Waals surface area contributed by atoms with E-state index < -0.39 is 0 Å². The Hall–Kier alpha value is -2.48. The summed E-state index contributed by atoms with van der Waals surface area (Å²) in [5, 5.41) is 0. The van der Waals surface area contributed by atoms with Crippen LogP contribution in [-0.2, 0) is 23.3 Å². The van der Waals surface area contributed by atoms with Gasteiger partial charge in [-0.2, -0.15) is 11.1 Å². The second-order valence-corrected chi connectivity index (χ2v) is 8.30. The summed E-state index contributed by atoms with van der Waals surface area (Å²) in [5.41, 5.74) is 10.5. The number of hydrogen-bond donors (Lipinski definition) is 0. The Morgan fingerprint density at radius 2 is 0.675 bits per heavy atom. The number of halogens is 2. The van der Waals surface area contributed by atoms with Crippen molar-refractivity contribution >= 4 is 54.0 Å². The van der Waals surface area contributed by atoms with Gasteiger partial charge in [0.2, 0.25) is 0 Å². The molecule has 0 saturated heterocycles. The van der Waals surface area contributed by atoms with Gasteiger partial charge in [-0.3, -0.25) is 12.2 Å². The van der Waals surface area contributed by atoms with Crippen molar-refractivity contribution in [2.75, 3.05) is 0 Å². The van der Waals surface area contributed by atoms with Crippen molar-refractivity contribution in [3.8, 4) is 0 Å². The Labute approximate surface area is 271 Å². The normalized spacial score (nSPS) is 12.3. The zero-order valence-electron chi connectivity index (χ0n) is 23.1. The average Bonchev–Trinajstić information content (AvgIpc) is 3.67. The molecular formula is C36H36Cl2SiZr-4. The van der Waals surface area contributed by atoms with Crippen molar-refractivity contribution in [3.63, 3.8) is 0 Å². The van der Waals surface area contributed by atoms with Gasteiger partial charge >= 0.3 is 30.2 Å². The van der Waals surface area contributed by atoms with E-state index in [9.17, 15) is 0 Å². The molecule has 4 aromatic rings. The van der Waals surface area contributed by atoms with Crippen LogP contribution in [0.4, 0.5) is 0 Å². The van der Waals surface area contributed by atoms with E-state index in [1.165, 1.54) is 44.5 Å². The van der Waals surface area contributed by atoms with Crippen LogP contribution >= 0.6 is 24.8 Å². The van der Waals surface area contributed by atoms with Gasteiger partial charge in [0.15, 0.2) is 0 Å². The summed E-state index contributed by atoms with van der Waals surface area (Å²) in [6, 6.07) is 42.2. The van der Waals surface area contributed by atoms with Gasteiger partial charge < -0.3 is 14.9 Å². The first-order chi connectivity index (χ1) is 17.9. The van der Waals surface area contributed by atoms with E-state index >= 15 is 0 Å². The van der Waals surface area contributed by atoms with E-state index in [1.807, 2.05) is 6.88 Å². The summed E-state index contributed by atoms with van der Waals surface area (Å²) in [7, 11) is 0. The van der Waals surface area contributed by atoms with Crippen molar-refractivity contribution < 1.29 is 23.3 Å². The van der Waals surface area contributed by atoms with Crippen LogP contribution in [0.25, 0.3) is 22.3 Å². The van der Waals surface area contributed by atoms with Crippen LogP contribution in [0, 0.1) is 27.0 Å². The number of hydrogen-bond acceptors (Lipinski definition) is 0. The fraction of sp³-hybridized carbons (Fsp3) is 0.0556. The van der Waals surface area contributed by atoms with Crippen LogP contribution in [0.15, 0.2) is 133 Å². The molecule has 4 heteroatoms. The third-order valence-corrected chi connectivity index (χ3v) is 6.11. The Kier molecular flexibility index (Phi) is 19.1. The molecular weight excluding hydrogens is 623 g/mol. The Morgan fingerprint density at radius 3 is 0.950 bits per heavy atom. The summed E-state index contributed by atoms with van der Waals surface area (Å²) < 4.78 is 0. The van der Waals surface area contributed by atoms with Gasteiger partial charge in [0.05, 0.1) is 0 Å². The predicted octanol–water partition coefficient (Wildman–Crippen LogP) is 9.55. The van der Waals surface area contributed by atoms with Gasteiger partial charge in [-0.1, -0.05) is 121 Å². The molecule has 0 nitrogen and oxygen atoms in total. The molecule has 0 atom stereocenters. The minimum absolute atomic E-state index is 0. The molecule has 0 bridgehead atoms. The summed E-state index contributed by atoms with van der Waals surface area (Å²) in [6.07, 6.45) is 12.7. The standard InChI is InChI=1S/2C17H13.2CH3.2ClH.H2Si.Zr/c2*1-3-8-14(9-4-1)16-12-7-13-17(16)15-10-5-2-6-11-15;;;;;;/h2*1-6,8-12H,13H2;2*1H3;2*1H;1H2;/q4*-1;;;;. The molecule has 0 amide bonds. The van der Waals surface area contributed by atoms with E-state index in [0.29, 0.717) is 0 Å². The zero-order chi connectivity index (χ0) is 25.0. The molecule has 40 heavy (non-hydrogen) atoms. The molecule has 0 aliphatic heterocycles. The SMILES string of the molecule is Cl.Cl.[C-]1=CC(c2ccccc2)=C(c2ccccc2)C1.[C-]1=CC(c2ccccc2)=C(c2ccccc2)C1.[CH3-].[CH3-].[SiH2]=[Zr]. The summed E-state index contributed by atoms with van der Waals surface area (Å²) in [6.45, 7) is 1.95. The second-order valence-electron chi connectivity index (χ2n) is 8.30. The zero-order valence-corrected chi connectivity index (χ0v) is 28.6. The van der Waals surface area contributed by atoms with Gasteiger partial charge in [0.1, 0.15) is 0 Å². The molecule has 2 aliphatic carbocycles. The molecule has 4 aromatic carbocycles. The van der Waals surface area contributed by atoms with Crippen LogP contribution in [-0.4, -0.2) is 6.88 Å². The quantitative estimate of drug-likeness (QED) is 0.151. The molecule has 0 aromatic heterocycles. The molecule has 0 radical (unpaired) electrons. The molecule has 6 rings (SSSR count). The van der Waals surface area contributed by atoms with Crippen molar-refractivity contribution in [2.45, 2.75) is 12.8 Å². The Bertz CT molecular complexity index is 1270. The molecule has 2 aliphatic rings. The predicted molar refractivity (Wildman–Crippen MR) is 180 cm³/mol. The van der Waals surface area contributed by atoms with E-state index in [1.54, 1.807) is 23.3 Å². The number of allylic oxidation sites excluding steroid dienone is 8. The van der Waals surface area contributed by atoms with E-state index in [4.69, 9.17) is 0 Å². The van der Waals surface area contributed by atoms with Gasteiger partial charge in [0.25, 0.3) is 0 Å². The summed E-state index contributed by atoms with van der Waals surface area (Å²) in [5.74, 6) is 0. The van der Waals surface area contributed by atoms with Crippen LogP contribution in [0.2, 0.25) is 0 Å². The molecule has 0 N–H and O–H groups in total. The van der Waals surface area contributed by atoms with E-state index in [2.05, 4.69) is 146 Å². The van der Waals surface area contributed by atoms with Crippen LogP contribution in [0.3, 0.4) is 0 Å². The van der Waals surface area contributed by atoms with Gasteiger partial charge in [0, 0.05) is 0 Å². The van der Waals surface area contributed by atoms with Crippen LogP contribution in [0.5, 0.6) is 0 Å². The van der Waals surface area contributed by atoms with E-state index in [-0.39, 0.29) is 39.7 Å². The maximum atomic E-state index is 3.32. The van der Waals surface area contributed by atoms with Gasteiger partial charge in [-0.05, 0) is 11.1 Å². The van der Waals surface area contributed by atoms with Gasteiger partial charge in [-0.25, -0.2) is 12.2 Å². The fourth-order valence-corrected chi connectivity index (χ4v) is 4.42. The van der Waals surface area contributed by atoms with Crippen molar-refractivity contribution in [1.82, 2.24) is 0 Å². The fourth-order valence-electron chi connectivity index (χ4n) is 4.42. The summed E-state index contributed by atoms with van der Waals surface area (Å²) >= 11 is 1.58. The summed E-state index contributed by atoms with van der Waals surface area (Å²) in [4.78, 5) is 0. The maximum absolute atomic E-state index is 3.32. The first-order valence-corrected chi connectivity index (χ1v) is 18.0. The number of rotatable bonds is 4. The number of benzene rings is 4. The van der Waals surface area contributed by atoms with Gasteiger partial charge in [-0.15, -0.1) is 59.9 Å². The third kappa shape index (κ3) is 9.86. The first kappa shape index (κ1) is 37.5. The molecule has 206 valence electrons. The van der Waals surface area contributed by atoms with Crippen molar-refractivity contribution in [2.24, 2.45) is 0 Å². The average molecular weight is 659 g/mol. The monoisotopic (exact) mass is 656 g/mol. The van der Waals surface area contributed by atoms with Crippen molar-refractivity contribution in [3.05, 3.63) is 183 Å².